The predicted octanol–water partition coefficient (Wildman–Crippen LogP) is 3.87. The van der Waals surface area contributed by atoms with E-state index in [4.69, 9.17) is 21.1 Å². The summed E-state index contributed by atoms with van der Waals surface area (Å²) < 4.78 is 10.9. The van der Waals surface area contributed by atoms with Gasteiger partial charge in [0.1, 0.15) is 12.4 Å². The van der Waals surface area contributed by atoms with Gasteiger partial charge in [0.2, 0.25) is 0 Å². The Labute approximate surface area is 126 Å². The molecule has 20 heavy (non-hydrogen) atoms. The topological polar surface area (TPSA) is 35.5 Å². The first-order chi connectivity index (χ1) is 9.72. The molecule has 0 radical (unpaired) electrons. The van der Waals surface area contributed by atoms with Gasteiger partial charge in [0.25, 0.3) is 0 Å². The number of aryl methyl sites for hydroxylation is 1. The highest BCUT2D eigenvalue weighted by Gasteiger charge is 2.10. The summed E-state index contributed by atoms with van der Waals surface area (Å²) in [4.78, 5) is 11.9. The van der Waals surface area contributed by atoms with Gasteiger partial charge in [0, 0.05) is 18.1 Å². The lowest BCUT2D eigenvalue weighted by molar-refractivity contribution is 0.0783. The molecule has 0 aliphatic rings. The van der Waals surface area contributed by atoms with Crippen molar-refractivity contribution < 1.29 is 14.3 Å². The van der Waals surface area contributed by atoms with E-state index in [1.54, 1.807) is 6.07 Å². The Kier molecular flexibility index (Phi) is 8.31. The van der Waals surface area contributed by atoms with E-state index in [1.165, 1.54) is 0 Å². The van der Waals surface area contributed by atoms with Crippen LogP contribution in [-0.2, 0) is 11.2 Å². The Morgan fingerprint density at radius 1 is 1.30 bits per heavy atom. The van der Waals surface area contributed by atoms with Gasteiger partial charge < -0.3 is 9.47 Å². The first kappa shape index (κ1) is 17.0. The van der Waals surface area contributed by atoms with Crippen molar-refractivity contribution >= 4 is 17.4 Å². The van der Waals surface area contributed by atoms with E-state index in [0.29, 0.717) is 24.7 Å². The third-order valence-electron chi connectivity index (χ3n) is 2.87. The quantitative estimate of drug-likeness (QED) is 0.374. The molecule has 0 fully saturated rings. The molecule has 0 heterocycles. The van der Waals surface area contributed by atoms with E-state index in [2.05, 4.69) is 6.92 Å². The number of alkyl halides is 1. The molecule has 112 valence electrons. The van der Waals surface area contributed by atoms with Crippen LogP contribution >= 0.6 is 11.6 Å². The summed E-state index contributed by atoms with van der Waals surface area (Å²) in [5, 5.41) is 0. The normalized spacial score (nSPS) is 10.6. The van der Waals surface area contributed by atoms with Crippen molar-refractivity contribution in [1.29, 1.82) is 0 Å². The molecule has 0 aliphatic carbocycles. The van der Waals surface area contributed by atoms with Crippen LogP contribution in [-0.4, -0.2) is 31.5 Å². The average molecular weight is 299 g/mol. The molecular weight excluding hydrogens is 276 g/mol. The number of halogens is 1. The van der Waals surface area contributed by atoms with Gasteiger partial charge in [0.05, 0.1) is 6.61 Å². The largest absolute Gasteiger partial charge is 0.493 e. The van der Waals surface area contributed by atoms with E-state index in [9.17, 15) is 4.79 Å². The van der Waals surface area contributed by atoms with Crippen molar-refractivity contribution in [3.63, 3.8) is 0 Å². The highest BCUT2D eigenvalue weighted by molar-refractivity contribution is 6.17. The Bertz CT molecular complexity index is 418. The molecule has 0 spiro atoms. The maximum atomic E-state index is 11.9. The summed E-state index contributed by atoms with van der Waals surface area (Å²) in [5.41, 5.74) is 1.76. The molecule has 1 rings (SSSR count). The lowest BCUT2D eigenvalue weighted by Gasteiger charge is -2.12. The van der Waals surface area contributed by atoms with Crippen molar-refractivity contribution in [2.75, 3.05) is 25.7 Å². The van der Waals surface area contributed by atoms with Gasteiger partial charge in [-0.15, -0.1) is 11.6 Å². The number of ketones is 1. The molecule has 0 bridgehead atoms. The molecule has 0 aliphatic heterocycles. The fourth-order valence-electron chi connectivity index (χ4n) is 1.87. The SMILES string of the molecule is CCCc1cc(C(=O)COCC)ccc1OCCCCl. The smallest absolute Gasteiger partial charge is 0.188 e. The Morgan fingerprint density at radius 3 is 2.75 bits per heavy atom. The molecule has 0 saturated heterocycles. The van der Waals surface area contributed by atoms with E-state index in [1.807, 2.05) is 19.1 Å². The maximum absolute atomic E-state index is 11.9. The predicted molar refractivity (Wildman–Crippen MR) is 82.1 cm³/mol. The van der Waals surface area contributed by atoms with Crippen LogP contribution in [0.1, 0.15) is 42.6 Å². The standard InChI is InChI=1S/C16H23ClO3/c1-3-6-14-11-13(15(18)12-19-4-2)7-8-16(14)20-10-5-9-17/h7-8,11H,3-6,9-10,12H2,1-2H3. The van der Waals surface area contributed by atoms with Gasteiger partial charge in [-0.25, -0.2) is 0 Å². The molecule has 1 aromatic carbocycles. The number of hydrogen-bond acceptors (Lipinski definition) is 3. The van der Waals surface area contributed by atoms with Crippen molar-refractivity contribution in [2.24, 2.45) is 0 Å². The van der Waals surface area contributed by atoms with E-state index in [-0.39, 0.29) is 12.4 Å². The van der Waals surface area contributed by atoms with Crippen molar-refractivity contribution in [3.8, 4) is 5.75 Å². The zero-order chi connectivity index (χ0) is 14.8. The highest BCUT2D eigenvalue weighted by Crippen LogP contribution is 2.22. The lowest BCUT2D eigenvalue weighted by Crippen LogP contribution is -2.10. The second-order valence-corrected chi connectivity index (χ2v) is 4.90. The minimum Gasteiger partial charge on any atom is -0.493 e. The lowest BCUT2D eigenvalue weighted by atomic mass is 10.0. The Hall–Kier alpha value is -1.06. The van der Waals surface area contributed by atoms with Crippen LogP contribution in [0.2, 0.25) is 0 Å². The second kappa shape index (κ2) is 9.78. The minimum absolute atomic E-state index is 0.0107. The van der Waals surface area contributed by atoms with Crippen LogP contribution in [0.4, 0.5) is 0 Å². The van der Waals surface area contributed by atoms with Gasteiger partial charge in [0.15, 0.2) is 5.78 Å². The fourth-order valence-corrected chi connectivity index (χ4v) is 1.98. The third kappa shape index (κ3) is 5.51. The number of rotatable bonds is 10. The van der Waals surface area contributed by atoms with Crippen molar-refractivity contribution in [3.05, 3.63) is 29.3 Å². The summed E-state index contributed by atoms with van der Waals surface area (Å²) in [6, 6.07) is 5.59. The van der Waals surface area contributed by atoms with Crippen LogP contribution in [0, 0.1) is 0 Å². The number of Topliss-reactive ketones (excluding diaryl/α,β-unsaturated/α-hetero) is 1. The molecule has 0 amide bonds. The van der Waals surface area contributed by atoms with Crippen molar-refractivity contribution in [2.45, 2.75) is 33.1 Å². The number of hydrogen-bond donors (Lipinski definition) is 0. The van der Waals surface area contributed by atoms with Gasteiger partial charge >= 0.3 is 0 Å². The number of ether oxygens (including phenoxy) is 2. The van der Waals surface area contributed by atoms with Crippen LogP contribution < -0.4 is 4.74 Å². The molecule has 3 nitrogen and oxygen atoms in total. The third-order valence-corrected chi connectivity index (χ3v) is 3.14. The zero-order valence-corrected chi connectivity index (χ0v) is 13.0. The molecule has 0 aromatic heterocycles. The Morgan fingerprint density at radius 2 is 2.10 bits per heavy atom. The molecule has 0 atom stereocenters. The number of benzene rings is 1. The van der Waals surface area contributed by atoms with Gasteiger partial charge in [-0.05, 0) is 43.5 Å². The Balaban J connectivity index is 2.79. The van der Waals surface area contributed by atoms with E-state index in [0.717, 1.165) is 30.6 Å². The molecule has 0 N–H and O–H groups in total. The van der Waals surface area contributed by atoms with Gasteiger partial charge in [-0.3, -0.25) is 4.79 Å². The van der Waals surface area contributed by atoms with Crippen LogP contribution in [0.25, 0.3) is 0 Å². The molecular formula is C16H23ClO3. The number of carbonyl (C=O) groups excluding carboxylic acids is 1. The number of carbonyl (C=O) groups is 1. The second-order valence-electron chi connectivity index (χ2n) is 4.52. The van der Waals surface area contributed by atoms with Crippen molar-refractivity contribution in [1.82, 2.24) is 0 Å². The van der Waals surface area contributed by atoms with E-state index < -0.39 is 0 Å². The highest BCUT2D eigenvalue weighted by atomic mass is 35.5. The maximum Gasteiger partial charge on any atom is 0.188 e. The summed E-state index contributed by atoms with van der Waals surface area (Å²) >= 11 is 5.65. The van der Waals surface area contributed by atoms with E-state index >= 15 is 0 Å². The minimum atomic E-state index is 0.0107. The summed E-state index contributed by atoms with van der Waals surface area (Å²) in [5.74, 6) is 1.45. The molecule has 4 heteroatoms. The average Bonchev–Trinajstić information content (AvgIpc) is 2.46. The molecule has 0 saturated carbocycles. The monoisotopic (exact) mass is 298 g/mol. The van der Waals surface area contributed by atoms with Crippen LogP contribution in [0.3, 0.4) is 0 Å². The first-order valence-corrected chi connectivity index (χ1v) is 7.69. The van der Waals surface area contributed by atoms with Gasteiger partial charge in [-0.2, -0.15) is 0 Å². The first-order valence-electron chi connectivity index (χ1n) is 7.15. The summed E-state index contributed by atoms with van der Waals surface area (Å²) in [7, 11) is 0. The van der Waals surface area contributed by atoms with Crippen LogP contribution in [0.15, 0.2) is 18.2 Å². The summed E-state index contributed by atoms with van der Waals surface area (Å²) in [6.45, 7) is 5.27. The van der Waals surface area contributed by atoms with Crippen LogP contribution in [0.5, 0.6) is 5.75 Å². The fraction of sp³-hybridized carbons (Fsp3) is 0.562. The molecule has 1 aromatic rings. The molecule has 0 unspecified atom stereocenters. The van der Waals surface area contributed by atoms with Gasteiger partial charge in [-0.1, -0.05) is 13.3 Å². The zero-order valence-electron chi connectivity index (χ0n) is 12.3. The summed E-state index contributed by atoms with van der Waals surface area (Å²) in [6.07, 6.45) is 2.72.